The monoisotopic (exact) mass is 463 g/mol. The van der Waals surface area contributed by atoms with Crippen molar-refractivity contribution in [1.82, 2.24) is 10.2 Å². The Hall–Kier alpha value is -3.11. The number of rotatable bonds is 8. The van der Waals surface area contributed by atoms with E-state index in [4.69, 9.17) is 9.29 Å². The van der Waals surface area contributed by atoms with E-state index in [-0.39, 0.29) is 18.1 Å². The van der Waals surface area contributed by atoms with Gasteiger partial charge in [0.2, 0.25) is 5.91 Å². The zero-order chi connectivity index (χ0) is 23.9. The van der Waals surface area contributed by atoms with E-state index in [0.29, 0.717) is 12.1 Å². The second-order valence-corrected chi connectivity index (χ2v) is 9.47. The lowest BCUT2D eigenvalue weighted by Gasteiger charge is -2.26. The molecule has 1 atom stereocenters. The number of ether oxygens (including phenoxy) is 1. The second-order valence-electron chi connectivity index (χ2n) is 8.31. The molecule has 0 aliphatic rings. The molecule has 32 heavy (non-hydrogen) atoms. The van der Waals surface area contributed by atoms with Crippen LogP contribution < -0.4 is 10.0 Å². The highest BCUT2D eigenvalue weighted by atomic mass is 32.2. The summed E-state index contributed by atoms with van der Waals surface area (Å²) < 4.78 is 38.1. The molecule has 0 bridgehead atoms. The molecule has 3 N–H and O–H groups in total. The number of amides is 2. The van der Waals surface area contributed by atoms with Crippen molar-refractivity contribution in [2.75, 3.05) is 18.3 Å². The van der Waals surface area contributed by atoms with Gasteiger partial charge in [-0.25, -0.2) is 4.79 Å². The summed E-state index contributed by atoms with van der Waals surface area (Å²) >= 11 is 0. The van der Waals surface area contributed by atoms with Crippen LogP contribution in [-0.2, 0) is 26.4 Å². The lowest BCUT2D eigenvalue weighted by Crippen LogP contribution is -2.40. The topological polar surface area (TPSA) is 125 Å². The third kappa shape index (κ3) is 8.56. The molecule has 10 heteroatoms. The fourth-order valence-electron chi connectivity index (χ4n) is 2.98. The molecule has 0 aliphatic carbocycles. The van der Waals surface area contributed by atoms with Crippen LogP contribution in [0.1, 0.15) is 37.8 Å². The van der Waals surface area contributed by atoms with Crippen molar-refractivity contribution in [3.63, 3.8) is 0 Å². The molecule has 0 saturated carbocycles. The molecule has 174 valence electrons. The quantitative estimate of drug-likeness (QED) is 0.517. The van der Waals surface area contributed by atoms with Gasteiger partial charge < -0.3 is 15.0 Å². The van der Waals surface area contributed by atoms with E-state index in [1.54, 1.807) is 44.9 Å². The summed E-state index contributed by atoms with van der Waals surface area (Å²) in [5.41, 5.74) is 0.971. The molecule has 2 aromatic carbocycles. The number of likely N-dealkylation sites (N-methyl/N-ethyl adjacent to an activating group) is 1. The summed E-state index contributed by atoms with van der Waals surface area (Å²) in [7, 11) is -2.74. The third-order valence-corrected chi connectivity index (χ3v) is 4.84. The van der Waals surface area contributed by atoms with Gasteiger partial charge in [-0.3, -0.25) is 14.1 Å². The van der Waals surface area contributed by atoms with Crippen LogP contribution in [0.4, 0.5) is 10.5 Å². The summed E-state index contributed by atoms with van der Waals surface area (Å²) in [4.78, 5) is 26.9. The summed E-state index contributed by atoms with van der Waals surface area (Å²) in [6.07, 6.45) is -0.648. The summed E-state index contributed by atoms with van der Waals surface area (Å²) in [5.74, 6) is -0.976. The minimum atomic E-state index is -4.41. The van der Waals surface area contributed by atoms with E-state index >= 15 is 0 Å². The Balaban J connectivity index is 2.21. The molecule has 0 fully saturated rings. The van der Waals surface area contributed by atoms with Crippen LogP contribution >= 0.6 is 0 Å². The SMILES string of the molecule is CN(Cc1ccccc1)C(=O)[C@@H](CNC(=O)OC(C)(C)C)c1ccc(NS(=O)(=O)O)cc1. The highest BCUT2D eigenvalue weighted by Crippen LogP contribution is 2.22. The normalized spacial score (nSPS) is 12.5. The zero-order valence-electron chi connectivity index (χ0n) is 18.5. The van der Waals surface area contributed by atoms with E-state index in [0.717, 1.165) is 5.56 Å². The van der Waals surface area contributed by atoms with Crippen LogP contribution in [-0.4, -0.2) is 49.1 Å². The van der Waals surface area contributed by atoms with Crippen molar-refractivity contribution in [3.05, 3.63) is 65.7 Å². The highest BCUT2D eigenvalue weighted by molar-refractivity contribution is 7.87. The molecule has 0 aliphatic heterocycles. The molecule has 0 spiro atoms. The first kappa shape index (κ1) is 25.2. The number of alkyl carbamates (subject to hydrolysis) is 1. The number of nitrogens with zero attached hydrogens (tertiary/aromatic N) is 1. The molecule has 0 radical (unpaired) electrons. The molecular weight excluding hydrogens is 434 g/mol. The molecule has 2 amide bonds. The van der Waals surface area contributed by atoms with Gasteiger partial charge in [-0.15, -0.1) is 0 Å². The lowest BCUT2D eigenvalue weighted by atomic mass is 9.97. The Kier molecular flexibility index (Phi) is 8.23. The summed E-state index contributed by atoms with van der Waals surface area (Å²) in [6.45, 7) is 5.58. The van der Waals surface area contributed by atoms with Gasteiger partial charge in [-0.1, -0.05) is 42.5 Å². The fourth-order valence-corrected chi connectivity index (χ4v) is 3.41. The fraction of sp³-hybridized carbons (Fsp3) is 0.364. The molecular formula is C22H29N3O6S. The van der Waals surface area contributed by atoms with Crippen molar-refractivity contribution >= 4 is 28.0 Å². The Morgan fingerprint density at radius 3 is 2.19 bits per heavy atom. The first-order valence-electron chi connectivity index (χ1n) is 9.95. The van der Waals surface area contributed by atoms with Crippen molar-refractivity contribution in [3.8, 4) is 0 Å². The second kappa shape index (κ2) is 10.5. The van der Waals surface area contributed by atoms with E-state index in [1.165, 1.54) is 12.1 Å². The minimum absolute atomic E-state index is 0.0159. The number of hydrogen-bond acceptors (Lipinski definition) is 5. The Labute approximate surface area is 188 Å². The average molecular weight is 464 g/mol. The van der Waals surface area contributed by atoms with Crippen LogP contribution in [0, 0.1) is 0 Å². The van der Waals surface area contributed by atoms with Crippen molar-refractivity contribution in [2.45, 2.75) is 38.8 Å². The first-order valence-corrected chi connectivity index (χ1v) is 11.4. The minimum Gasteiger partial charge on any atom is -0.444 e. The average Bonchev–Trinajstić information content (AvgIpc) is 2.67. The predicted molar refractivity (Wildman–Crippen MR) is 122 cm³/mol. The van der Waals surface area contributed by atoms with E-state index < -0.39 is 27.9 Å². The summed E-state index contributed by atoms with van der Waals surface area (Å²) in [6, 6.07) is 15.4. The van der Waals surface area contributed by atoms with Gasteiger partial charge >= 0.3 is 16.4 Å². The molecule has 2 aromatic rings. The summed E-state index contributed by atoms with van der Waals surface area (Å²) in [5, 5.41) is 2.63. The van der Waals surface area contributed by atoms with E-state index in [2.05, 4.69) is 5.32 Å². The van der Waals surface area contributed by atoms with Gasteiger partial charge in [0.1, 0.15) is 5.60 Å². The van der Waals surface area contributed by atoms with Gasteiger partial charge in [-0.2, -0.15) is 8.42 Å². The number of anilines is 1. The molecule has 0 saturated heterocycles. The van der Waals surface area contributed by atoms with Gasteiger partial charge in [0.15, 0.2) is 0 Å². The maximum Gasteiger partial charge on any atom is 0.407 e. The highest BCUT2D eigenvalue weighted by Gasteiger charge is 2.26. The van der Waals surface area contributed by atoms with Gasteiger partial charge in [0, 0.05) is 20.1 Å². The number of carbonyl (C=O) groups is 2. The van der Waals surface area contributed by atoms with E-state index in [1.807, 2.05) is 35.1 Å². The number of hydrogen-bond donors (Lipinski definition) is 3. The Morgan fingerprint density at radius 2 is 1.66 bits per heavy atom. The van der Waals surface area contributed by atoms with Crippen LogP contribution in [0.5, 0.6) is 0 Å². The van der Waals surface area contributed by atoms with Gasteiger partial charge in [0.05, 0.1) is 11.6 Å². The molecule has 0 heterocycles. The standard InChI is InChI=1S/C22H29N3O6S/c1-22(2,3)31-21(27)23-14-19(17-10-12-18(13-11-17)24-32(28,29)30)20(26)25(4)15-16-8-6-5-7-9-16/h5-13,19,24H,14-15H2,1-4H3,(H,23,27)(H,28,29,30)/t19-/m0/s1. The van der Waals surface area contributed by atoms with Crippen LogP contribution in [0.3, 0.4) is 0 Å². The molecule has 2 rings (SSSR count). The number of benzene rings is 2. The Bertz CT molecular complexity index is 1020. The van der Waals surface area contributed by atoms with Crippen LogP contribution in [0.2, 0.25) is 0 Å². The van der Waals surface area contributed by atoms with Crippen molar-refractivity contribution in [2.24, 2.45) is 0 Å². The first-order chi connectivity index (χ1) is 14.8. The largest absolute Gasteiger partial charge is 0.444 e. The lowest BCUT2D eigenvalue weighted by molar-refractivity contribution is -0.131. The number of carbonyl (C=O) groups excluding carboxylic acids is 2. The Morgan fingerprint density at radius 1 is 1.06 bits per heavy atom. The molecule has 0 unspecified atom stereocenters. The predicted octanol–water partition coefficient (Wildman–Crippen LogP) is 3.17. The van der Waals surface area contributed by atoms with Gasteiger partial charge in [-0.05, 0) is 44.0 Å². The zero-order valence-corrected chi connectivity index (χ0v) is 19.3. The smallest absolute Gasteiger partial charge is 0.407 e. The maximum absolute atomic E-state index is 13.2. The van der Waals surface area contributed by atoms with Crippen LogP contribution in [0.25, 0.3) is 0 Å². The molecule has 0 aromatic heterocycles. The number of nitrogens with one attached hydrogen (secondary N) is 2. The van der Waals surface area contributed by atoms with Crippen molar-refractivity contribution < 1.29 is 27.3 Å². The van der Waals surface area contributed by atoms with Crippen molar-refractivity contribution in [1.29, 1.82) is 0 Å². The van der Waals surface area contributed by atoms with E-state index in [9.17, 15) is 18.0 Å². The van der Waals surface area contributed by atoms with Crippen LogP contribution in [0.15, 0.2) is 54.6 Å². The molecule has 9 nitrogen and oxygen atoms in total. The third-order valence-electron chi connectivity index (χ3n) is 4.35. The maximum atomic E-state index is 13.2. The van der Waals surface area contributed by atoms with Gasteiger partial charge in [0.25, 0.3) is 0 Å².